The molecule has 0 amide bonds. The third kappa shape index (κ3) is 3.40. The van der Waals surface area contributed by atoms with E-state index in [1.165, 1.54) is 0 Å². The van der Waals surface area contributed by atoms with Crippen molar-refractivity contribution in [3.63, 3.8) is 0 Å². The van der Waals surface area contributed by atoms with Crippen LogP contribution in [0.25, 0.3) is 0 Å². The third-order valence-electron chi connectivity index (χ3n) is 2.69. The van der Waals surface area contributed by atoms with Crippen LogP contribution in [0.15, 0.2) is 6.07 Å². The highest BCUT2D eigenvalue weighted by Gasteiger charge is 2.07. The lowest BCUT2D eigenvalue weighted by Gasteiger charge is -2.12. The minimum absolute atomic E-state index is 0.729. The van der Waals surface area contributed by atoms with E-state index in [2.05, 4.69) is 43.3 Å². The summed E-state index contributed by atoms with van der Waals surface area (Å²) in [7, 11) is 2.05. The van der Waals surface area contributed by atoms with Crippen LogP contribution in [0.4, 0.5) is 0 Å². The summed E-state index contributed by atoms with van der Waals surface area (Å²) in [6.07, 6.45) is 2.15. The molecule has 0 spiro atoms. The van der Waals surface area contributed by atoms with Gasteiger partial charge in [0.25, 0.3) is 0 Å². The molecule has 0 atom stereocenters. The number of aryl methyl sites for hydroxylation is 2. The fourth-order valence-electron chi connectivity index (χ4n) is 1.92. The van der Waals surface area contributed by atoms with Crippen molar-refractivity contribution >= 4 is 0 Å². The van der Waals surface area contributed by atoms with Crippen molar-refractivity contribution in [2.24, 2.45) is 0 Å². The van der Waals surface area contributed by atoms with E-state index in [1.54, 1.807) is 0 Å². The van der Waals surface area contributed by atoms with E-state index in [0.717, 1.165) is 49.0 Å². The first kappa shape index (κ1) is 12.8. The van der Waals surface area contributed by atoms with E-state index in [1.807, 2.05) is 14.0 Å². The smallest absolute Gasteiger partial charge is 0.164 e. The fourth-order valence-corrected chi connectivity index (χ4v) is 1.92. The van der Waals surface area contributed by atoms with Crippen molar-refractivity contribution in [2.45, 2.75) is 39.8 Å². The maximum absolute atomic E-state index is 4.29. The molecule has 0 saturated heterocycles. The van der Waals surface area contributed by atoms with Crippen LogP contribution in [0.5, 0.6) is 0 Å². The number of H-pyrrole nitrogens is 2. The highest BCUT2D eigenvalue weighted by Crippen LogP contribution is 2.06. The van der Waals surface area contributed by atoms with Crippen LogP contribution in [0.2, 0.25) is 0 Å². The molecular formula is C12H20N6. The van der Waals surface area contributed by atoms with Crippen LogP contribution in [0, 0.1) is 6.92 Å². The topological polar surface area (TPSA) is 73.5 Å². The van der Waals surface area contributed by atoms with Gasteiger partial charge in [-0.25, -0.2) is 4.98 Å². The molecular weight excluding hydrogens is 228 g/mol. The highest BCUT2D eigenvalue weighted by atomic mass is 15.2. The summed E-state index contributed by atoms with van der Waals surface area (Å²) in [4.78, 5) is 6.45. The van der Waals surface area contributed by atoms with E-state index in [-0.39, 0.29) is 0 Å². The Morgan fingerprint density at radius 1 is 1.22 bits per heavy atom. The second-order valence-corrected chi connectivity index (χ2v) is 4.64. The lowest BCUT2D eigenvalue weighted by Crippen LogP contribution is -2.18. The number of hydrogen-bond acceptors (Lipinski definition) is 4. The van der Waals surface area contributed by atoms with Crippen LogP contribution in [-0.2, 0) is 19.5 Å². The van der Waals surface area contributed by atoms with Gasteiger partial charge in [0.1, 0.15) is 5.82 Å². The van der Waals surface area contributed by atoms with Crippen LogP contribution >= 0.6 is 0 Å². The Balaban J connectivity index is 1.88. The molecule has 0 radical (unpaired) electrons. The van der Waals surface area contributed by atoms with Crippen molar-refractivity contribution in [3.8, 4) is 0 Å². The zero-order valence-electron chi connectivity index (χ0n) is 11.2. The Labute approximate surface area is 107 Å². The summed E-state index contributed by atoms with van der Waals surface area (Å²) in [5.41, 5.74) is 2.27. The van der Waals surface area contributed by atoms with Crippen LogP contribution < -0.4 is 0 Å². The molecule has 6 heteroatoms. The molecule has 98 valence electrons. The van der Waals surface area contributed by atoms with Gasteiger partial charge in [-0.1, -0.05) is 13.3 Å². The number of nitrogens with one attached hydrogen (secondary N) is 2. The lowest BCUT2D eigenvalue weighted by atomic mass is 10.2. The predicted octanol–water partition coefficient (Wildman–Crippen LogP) is 1.42. The Hall–Kier alpha value is -1.69. The SMILES string of the molecule is CCCc1cc(CN(C)Cc2n[nH]c(C)n2)[nH]n1. The third-order valence-corrected chi connectivity index (χ3v) is 2.69. The van der Waals surface area contributed by atoms with Crippen LogP contribution in [0.1, 0.15) is 36.4 Å². The molecule has 2 rings (SSSR count). The number of rotatable bonds is 6. The first-order valence-corrected chi connectivity index (χ1v) is 6.27. The molecule has 2 N–H and O–H groups in total. The van der Waals surface area contributed by atoms with Gasteiger partial charge in [0, 0.05) is 12.2 Å². The average Bonchev–Trinajstić information content (AvgIpc) is 2.89. The molecule has 0 unspecified atom stereocenters. The summed E-state index contributed by atoms with van der Waals surface area (Å²) in [5.74, 6) is 1.67. The lowest BCUT2D eigenvalue weighted by molar-refractivity contribution is 0.307. The van der Waals surface area contributed by atoms with Crippen molar-refractivity contribution in [2.75, 3.05) is 7.05 Å². The summed E-state index contributed by atoms with van der Waals surface area (Å²) in [5, 5.41) is 14.3. The van der Waals surface area contributed by atoms with Gasteiger partial charge >= 0.3 is 0 Å². The van der Waals surface area contributed by atoms with Crippen molar-refractivity contribution in [1.82, 2.24) is 30.3 Å². The van der Waals surface area contributed by atoms with E-state index < -0.39 is 0 Å². The average molecular weight is 248 g/mol. The van der Waals surface area contributed by atoms with E-state index in [4.69, 9.17) is 0 Å². The largest absolute Gasteiger partial charge is 0.293 e. The monoisotopic (exact) mass is 248 g/mol. The minimum atomic E-state index is 0.729. The Morgan fingerprint density at radius 2 is 2.06 bits per heavy atom. The summed E-state index contributed by atoms with van der Waals surface area (Å²) in [6, 6.07) is 2.13. The van der Waals surface area contributed by atoms with Gasteiger partial charge in [0.2, 0.25) is 0 Å². The van der Waals surface area contributed by atoms with Crippen LogP contribution in [0.3, 0.4) is 0 Å². The van der Waals surface area contributed by atoms with Gasteiger partial charge in [-0.2, -0.15) is 10.2 Å². The zero-order valence-corrected chi connectivity index (χ0v) is 11.2. The first-order chi connectivity index (χ1) is 8.67. The van der Waals surface area contributed by atoms with Gasteiger partial charge in [-0.15, -0.1) is 0 Å². The number of aromatic amines is 2. The number of nitrogens with zero attached hydrogens (tertiary/aromatic N) is 4. The molecule has 0 saturated carbocycles. The maximum Gasteiger partial charge on any atom is 0.164 e. The standard InChI is InChI=1S/C12H20N6/c1-4-5-10-6-11(16-15-10)7-18(3)8-12-13-9(2)14-17-12/h6H,4-5,7-8H2,1-3H3,(H,15,16)(H,13,14,17). The van der Waals surface area contributed by atoms with Gasteiger partial charge in [0.05, 0.1) is 12.2 Å². The fraction of sp³-hybridized carbons (Fsp3) is 0.583. The second kappa shape index (κ2) is 5.77. The molecule has 0 aliphatic rings. The van der Waals surface area contributed by atoms with Gasteiger partial charge in [-0.3, -0.25) is 15.1 Å². The molecule has 6 nitrogen and oxygen atoms in total. The maximum atomic E-state index is 4.29. The number of aromatic nitrogens is 5. The molecule has 2 heterocycles. The second-order valence-electron chi connectivity index (χ2n) is 4.64. The molecule has 0 fully saturated rings. The van der Waals surface area contributed by atoms with E-state index >= 15 is 0 Å². The normalized spacial score (nSPS) is 11.3. The van der Waals surface area contributed by atoms with Crippen LogP contribution in [-0.4, -0.2) is 37.3 Å². The predicted molar refractivity (Wildman–Crippen MR) is 68.9 cm³/mol. The Bertz CT molecular complexity index is 486. The summed E-state index contributed by atoms with van der Waals surface area (Å²) >= 11 is 0. The zero-order chi connectivity index (χ0) is 13.0. The van der Waals surface area contributed by atoms with Gasteiger partial charge in [0.15, 0.2) is 5.82 Å². The Morgan fingerprint density at radius 3 is 2.72 bits per heavy atom. The van der Waals surface area contributed by atoms with Crippen molar-refractivity contribution < 1.29 is 0 Å². The molecule has 18 heavy (non-hydrogen) atoms. The Kier molecular flexibility index (Phi) is 4.09. The summed E-state index contributed by atoms with van der Waals surface area (Å²) in [6.45, 7) is 5.62. The van der Waals surface area contributed by atoms with Crippen molar-refractivity contribution in [3.05, 3.63) is 29.1 Å². The quantitative estimate of drug-likeness (QED) is 0.811. The van der Waals surface area contributed by atoms with Gasteiger partial charge < -0.3 is 0 Å². The highest BCUT2D eigenvalue weighted by molar-refractivity contribution is 5.08. The number of hydrogen-bond donors (Lipinski definition) is 2. The minimum Gasteiger partial charge on any atom is -0.293 e. The molecule has 2 aromatic rings. The molecule has 0 aliphatic heterocycles. The molecule has 0 aliphatic carbocycles. The molecule has 0 bridgehead atoms. The van der Waals surface area contributed by atoms with Gasteiger partial charge in [-0.05, 0) is 26.5 Å². The summed E-state index contributed by atoms with van der Waals surface area (Å²) < 4.78 is 0. The van der Waals surface area contributed by atoms with Crippen molar-refractivity contribution in [1.29, 1.82) is 0 Å². The van der Waals surface area contributed by atoms with E-state index in [0.29, 0.717) is 0 Å². The molecule has 2 aromatic heterocycles. The van der Waals surface area contributed by atoms with E-state index in [9.17, 15) is 0 Å². The first-order valence-electron chi connectivity index (χ1n) is 6.27. The molecule has 0 aromatic carbocycles.